The van der Waals surface area contributed by atoms with Crippen LogP contribution < -0.4 is 0 Å². The summed E-state index contributed by atoms with van der Waals surface area (Å²) in [5, 5.41) is 17.5. The van der Waals surface area contributed by atoms with Gasteiger partial charge in [0.2, 0.25) is 5.76 Å². The van der Waals surface area contributed by atoms with E-state index in [0.717, 1.165) is 11.3 Å². The molecule has 0 aliphatic rings. The highest BCUT2D eigenvalue weighted by Gasteiger charge is 2.08. The van der Waals surface area contributed by atoms with Crippen LogP contribution in [0.2, 0.25) is 0 Å². The Kier molecular flexibility index (Phi) is 4.26. The molecule has 2 rings (SSSR count). The topological polar surface area (TPSA) is 74.2 Å². The number of nitrogens with zero attached hydrogens (tertiary/aromatic N) is 1. The molecule has 0 bridgehead atoms. The van der Waals surface area contributed by atoms with Gasteiger partial charge in [0.15, 0.2) is 0 Å². The van der Waals surface area contributed by atoms with E-state index in [1.165, 1.54) is 6.07 Å². The maximum atomic E-state index is 10.6. The van der Waals surface area contributed by atoms with Crippen LogP contribution in [0.3, 0.4) is 0 Å². The summed E-state index contributed by atoms with van der Waals surface area (Å²) < 4.78 is 5.16. The van der Waals surface area contributed by atoms with Crippen LogP contribution in [0.25, 0.3) is 0 Å². The molecule has 0 spiro atoms. The number of rotatable bonds is 5. The van der Waals surface area contributed by atoms with Crippen LogP contribution in [0.4, 0.5) is 0 Å². The number of furan rings is 1. The number of thioether (sulfide) groups is 1. The highest BCUT2D eigenvalue weighted by Crippen LogP contribution is 2.20. The maximum absolute atomic E-state index is 10.6. The van der Waals surface area contributed by atoms with Crippen LogP contribution in [0.1, 0.15) is 27.4 Å². The predicted molar refractivity (Wildman–Crippen MR) is 71.8 cm³/mol. The average molecular weight is 273 g/mol. The van der Waals surface area contributed by atoms with E-state index < -0.39 is 5.97 Å². The molecule has 19 heavy (non-hydrogen) atoms. The van der Waals surface area contributed by atoms with E-state index in [9.17, 15) is 4.79 Å². The van der Waals surface area contributed by atoms with Gasteiger partial charge in [-0.25, -0.2) is 4.79 Å². The van der Waals surface area contributed by atoms with E-state index in [1.54, 1.807) is 23.9 Å². The molecule has 0 amide bonds. The number of hydrogen-bond acceptors (Lipinski definition) is 4. The molecular weight excluding hydrogens is 262 g/mol. The second kappa shape index (κ2) is 6.12. The summed E-state index contributed by atoms with van der Waals surface area (Å²) in [4.78, 5) is 10.6. The van der Waals surface area contributed by atoms with E-state index in [0.29, 0.717) is 17.1 Å². The number of hydrogen-bond donors (Lipinski definition) is 1. The molecule has 0 unspecified atom stereocenters. The summed E-state index contributed by atoms with van der Waals surface area (Å²) in [6.45, 7) is 0. The Hall–Kier alpha value is -2.19. The maximum Gasteiger partial charge on any atom is 0.371 e. The predicted octanol–water partition coefficient (Wildman–Crippen LogP) is 3.28. The lowest BCUT2D eigenvalue weighted by Gasteiger charge is -2.00. The molecule has 4 nitrogen and oxygen atoms in total. The molecule has 0 aliphatic carbocycles. The van der Waals surface area contributed by atoms with Gasteiger partial charge < -0.3 is 9.52 Å². The first-order valence-electron chi connectivity index (χ1n) is 5.58. The average Bonchev–Trinajstić information content (AvgIpc) is 2.88. The van der Waals surface area contributed by atoms with E-state index >= 15 is 0 Å². The summed E-state index contributed by atoms with van der Waals surface area (Å²) >= 11 is 1.61. The summed E-state index contributed by atoms with van der Waals surface area (Å²) in [6.07, 6.45) is 0. The Morgan fingerprint density at radius 2 is 2.16 bits per heavy atom. The molecule has 1 aromatic heterocycles. The molecule has 0 atom stereocenters. The van der Waals surface area contributed by atoms with Crippen molar-refractivity contribution in [1.29, 1.82) is 5.26 Å². The van der Waals surface area contributed by atoms with Crippen LogP contribution in [0.15, 0.2) is 40.8 Å². The van der Waals surface area contributed by atoms with Crippen molar-refractivity contribution in [2.75, 3.05) is 0 Å². The van der Waals surface area contributed by atoms with Gasteiger partial charge in [0.25, 0.3) is 0 Å². The SMILES string of the molecule is N#Cc1cccc(CSCc2ccc(C(=O)O)o2)c1. The smallest absolute Gasteiger partial charge is 0.371 e. The molecule has 0 saturated heterocycles. The molecular formula is C14H11NO3S. The van der Waals surface area contributed by atoms with Crippen molar-refractivity contribution >= 4 is 17.7 Å². The summed E-state index contributed by atoms with van der Waals surface area (Å²) in [5.41, 5.74) is 1.71. The quantitative estimate of drug-likeness (QED) is 0.904. The lowest BCUT2D eigenvalue weighted by atomic mass is 10.2. The van der Waals surface area contributed by atoms with E-state index in [4.69, 9.17) is 14.8 Å². The Morgan fingerprint density at radius 1 is 1.32 bits per heavy atom. The van der Waals surface area contributed by atoms with Gasteiger partial charge in [0, 0.05) is 5.75 Å². The zero-order valence-corrected chi connectivity index (χ0v) is 10.8. The summed E-state index contributed by atoms with van der Waals surface area (Å²) in [7, 11) is 0. The first-order valence-corrected chi connectivity index (χ1v) is 6.73. The van der Waals surface area contributed by atoms with E-state index in [2.05, 4.69) is 6.07 Å². The van der Waals surface area contributed by atoms with Crippen molar-refractivity contribution in [3.8, 4) is 6.07 Å². The van der Waals surface area contributed by atoms with Crippen LogP contribution in [-0.4, -0.2) is 11.1 Å². The van der Waals surface area contributed by atoms with Crippen molar-refractivity contribution in [1.82, 2.24) is 0 Å². The fourth-order valence-electron chi connectivity index (χ4n) is 1.57. The summed E-state index contributed by atoms with van der Waals surface area (Å²) in [5.74, 6) is 0.891. The number of carbonyl (C=O) groups is 1. The van der Waals surface area contributed by atoms with Crippen LogP contribution >= 0.6 is 11.8 Å². The van der Waals surface area contributed by atoms with Gasteiger partial charge in [-0.3, -0.25) is 0 Å². The van der Waals surface area contributed by atoms with Gasteiger partial charge in [-0.1, -0.05) is 12.1 Å². The van der Waals surface area contributed by atoms with E-state index in [1.807, 2.05) is 18.2 Å². The van der Waals surface area contributed by atoms with Gasteiger partial charge in [-0.15, -0.1) is 11.8 Å². The van der Waals surface area contributed by atoms with Crippen molar-refractivity contribution in [3.05, 3.63) is 59.0 Å². The Morgan fingerprint density at radius 3 is 2.84 bits per heavy atom. The first kappa shape index (κ1) is 13.2. The normalized spacial score (nSPS) is 10.1. The zero-order valence-electron chi connectivity index (χ0n) is 10.00. The van der Waals surface area contributed by atoms with Crippen LogP contribution in [0.5, 0.6) is 0 Å². The largest absolute Gasteiger partial charge is 0.475 e. The van der Waals surface area contributed by atoms with Crippen LogP contribution in [-0.2, 0) is 11.5 Å². The van der Waals surface area contributed by atoms with Crippen molar-refractivity contribution in [2.45, 2.75) is 11.5 Å². The molecule has 0 aliphatic heterocycles. The lowest BCUT2D eigenvalue weighted by molar-refractivity contribution is 0.0661. The summed E-state index contributed by atoms with van der Waals surface area (Å²) in [6, 6.07) is 12.6. The second-order valence-corrected chi connectivity index (χ2v) is 4.86. The molecule has 2 aromatic rings. The molecule has 1 aromatic carbocycles. The molecule has 1 N–H and O–H groups in total. The van der Waals surface area contributed by atoms with Gasteiger partial charge in [0.05, 0.1) is 17.4 Å². The van der Waals surface area contributed by atoms with Crippen molar-refractivity contribution in [3.63, 3.8) is 0 Å². The van der Waals surface area contributed by atoms with Crippen molar-refractivity contribution in [2.24, 2.45) is 0 Å². The van der Waals surface area contributed by atoms with Gasteiger partial charge in [-0.2, -0.15) is 5.26 Å². The third-order valence-corrected chi connectivity index (χ3v) is 3.47. The van der Waals surface area contributed by atoms with Crippen molar-refractivity contribution < 1.29 is 14.3 Å². The third-order valence-electron chi connectivity index (χ3n) is 2.44. The lowest BCUT2D eigenvalue weighted by Crippen LogP contribution is -1.91. The van der Waals surface area contributed by atoms with Gasteiger partial charge in [0.1, 0.15) is 5.76 Å². The Balaban J connectivity index is 1.89. The van der Waals surface area contributed by atoms with E-state index in [-0.39, 0.29) is 5.76 Å². The number of carboxylic acid groups (broad SMARTS) is 1. The second-order valence-electron chi connectivity index (χ2n) is 3.88. The number of benzene rings is 1. The Labute approximate surface area is 114 Å². The molecule has 96 valence electrons. The number of nitriles is 1. The van der Waals surface area contributed by atoms with Crippen LogP contribution in [0, 0.1) is 11.3 Å². The first-order chi connectivity index (χ1) is 9.19. The molecule has 0 radical (unpaired) electrons. The fraction of sp³-hybridized carbons (Fsp3) is 0.143. The standard InChI is InChI=1S/C14H11NO3S/c15-7-10-2-1-3-11(6-10)8-19-9-12-4-5-13(18-12)14(16)17/h1-6H,8-9H2,(H,16,17). The molecule has 5 heteroatoms. The highest BCUT2D eigenvalue weighted by atomic mass is 32.2. The zero-order chi connectivity index (χ0) is 13.7. The fourth-order valence-corrected chi connectivity index (χ4v) is 2.44. The minimum Gasteiger partial charge on any atom is -0.475 e. The minimum atomic E-state index is -1.06. The molecule has 1 heterocycles. The monoisotopic (exact) mass is 273 g/mol. The van der Waals surface area contributed by atoms with Gasteiger partial charge in [-0.05, 0) is 29.8 Å². The highest BCUT2D eigenvalue weighted by molar-refractivity contribution is 7.97. The Bertz CT molecular complexity index is 628. The molecule has 0 saturated carbocycles. The van der Waals surface area contributed by atoms with Gasteiger partial charge >= 0.3 is 5.97 Å². The minimum absolute atomic E-state index is 0.0397. The third kappa shape index (κ3) is 3.63. The number of aromatic carboxylic acids is 1. The number of carboxylic acids is 1. The molecule has 0 fully saturated rings.